The maximum Gasteiger partial charge on any atom is 0.348 e. The van der Waals surface area contributed by atoms with E-state index in [-0.39, 0.29) is 12.4 Å². The highest BCUT2D eigenvalue weighted by molar-refractivity contribution is 7.20. The zero-order chi connectivity index (χ0) is 22.9. The molecule has 2 aromatic heterocycles. The lowest BCUT2D eigenvalue weighted by atomic mass is 10.0. The Balaban J connectivity index is 1.33. The van der Waals surface area contributed by atoms with Gasteiger partial charge < -0.3 is 9.47 Å². The number of thiophene rings is 1. The van der Waals surface area contributed by atoms with Crippen LogP contribution in [-0.4, -0.2) is 35.2 Å². The van der Waals surface area contributed by atoms with Crippen molar-refractivity contribution in [1.29, 1.82) is 0 Å². The molecule has 0 amide bonds. The van der Waals surface area contributed by atoms with Crippen molar-refractivity contribution in [3.8, 4) is 11.4 Å². The molecule has 0 radical (unpaired) electrons. The molecule has 0 saturated carbocycles. The lowest BCUT2D eigenvalue weighted by Gasteiger charge is -2.06. The number of Topliss-reactive ketones (excluding diaryl/α,β-unsaturated/α-hetero) is 1. The number of aryl methyl sites for hydroxylation is 1. The monoisotopic (exact) mass is 456 g/mol. The van der Waals surface area contributed by atoms with Gasteiger partial charge in [0.25, 0.3) is 0 Å². The molecule has 3 aromatic carbocycles. The van der Waals surface area contributed by atoms with Gasteiger partial charge in [-0.25, -0.2) is 9.48 Å². The van der Waals surface area contributed by atoms with Gasteiger partial charge in [-0.3, -0.25) is 4.79 Å². The predicted octanol–water partition coefficient (Wildman–Crippen LogP) is 5.60. The van der Waals surface area contributed by atoms with Gasteiger partial charge in [-0.2, -0.15) is 5.10 Å². The van der Waals surface area contributed by atoms with Gasteiger partial charge >= 0.3 is 5.97 Å². The highest BCUT2D eigenvalue weighted by atomic mass is 32.1. The molecule has 7 heteroatoms. The Morgan fingerprint density at radius 1 is 0.970 bits per heavy atom. The van der Waals surface area contributed by atoms with Gasteiger partial charge in [0.2, 0.25) is 0 Å². The number of ether oxygens (including phenoxy) is 2. The first-order valence-electron chi connectivity index (χ1n) is 10.4. The van der Waals surface area contributed by atoms with E-state index in [0.29, 0.717) is 10.4 Å². The fraction of sp³-hybridized carbons (Fsp3) is 0.115. The lowest BCUT2D eigenvalue weighted by Crippen LogP contribution is -2.13. The van der Waals surface area contributed by atoms with E-state index >= 15 is 0 Å². The molecule has 33 heavy (non-hydrogen) atoms. The molecule has 6 nitrogen and oxygen atoms in total. The number of nitrogens with zero attached hydrogens (tertiary/aromatic N) is 2. The first-order chi connectivity index (χ1) is 16.0. The molecular weight excluding hydrogens is 436 g/mol. The van der Waals surface area contributed by atoms with Gasteiger partial charge in [0.1, 0.15) is 15.5 Å². The zero-order valence-electron chi connectivity index (χ0n) is 18.1. The van der Waals surface area contributed by atoms with Gasteiger partial charge in [-0.05, 0) is 54.1 Å². The van der Waals surface area contributed by atoms with Crippen LogP contribution < -0.4 is 4.74 Å². The molecule has 0 saturated heterocycles. The molecule has 0 spiro atoms. The summed E-state index contributed by atoms with van der Waals surface area (Å²) in [5.74, 6) is -0.0210. The number of esters is 1. The van der Waals surface area contributed by atoms with E-state index in [4.69, 9.17) is 9.47 Å². The Morgan fingerprint density at radius 2 is 1.73 bits per heavy atom. The highest BCUT2D eigenvalue weighted by Gasteiger charge is 2.19. The van der Waals surface area contributed by atoms with Crippen LogP contribution in [0.25, 0.3) is 26.7 Å². The van der Waals surface area contributed by atoms with Crippen molar-refractivity contribution in [1.82, 2.24) is 9.78 Å². The second kappa shape index (κ2) is 8.52. The number of hydrogen-bond donors (Lipinski definition) is 0. The van der Waals surface area contributed by atoms with E-state index in [9.17, 15) is 9.59 Å². The van der Waals surface area contributed by atoms with Crippen LogP contribution in [0.1, 0.15) is 25.7 Å². The number of rotatable bonds is 6. The largest absolute Gasteiger partial charge is 0.497 e. The average Bonchev–Trinajstić information content (AvgIpc) is 3.42. The number of carbonyl (C=O) groups excluding carboxylic acids is 2. The zero-order valence-corrected chi connectivity index (χ0v) is 18.9. The minimum absolute atomic E-state index is 0.256. The number of hydrogen-bond acceptors (Lipinski definition) is 6. The van der Waals surface area contributed by atoms with Crippen molar-refractivity contribution in [3.05, 3.63) is 88.9 Å². The third-order valence-corrected chi connectivity index (χ3v) is 6.54. The number of fused-ring (bicyclic) bond motifs is 2. The van der Waals surface area contributed by atoms with Crippen molar-refractivity contribution in [2.75, 3.05) is 13.7 Å². The topological polar surface area (TPSA) is 70.4 Å². The Morgan fingerprint density at radius 3 is 2.52 bits per heavy atom. The summed E-state index contributed by atoms with van der Waals surface area (Å²) in [4.78, 5) is 26.6. The van der Waals surface area contributed by atoms with Crippen molar-refractivity contribution in [2.45, 2.75) is 6.92 Å². The highest BCUT2D eigenvalue weighted by Crippen LogP contribution is 2.31. The molecule has 5 aromatic rings. The Kier molecular flexibility index (Phi) is 5.40. The number of carbonyl (C=O) groups is 2. The van der Waals surface area contributed by atoms with Crippen LogP contribution in [0.2, 0.25) is 0 Å². The van der Waals surface area contributed by atoms with Crippen molar-refractivity contribution in [2.24, 2.45) is 0 Å². The molecule has 0 aliphatic carbocycles. The molecular formula is C26H20N2O4S. The van der Waals surface area contributed by atoms with Crippen molar-refractivity contribution in [3.63, 3.8) is 0 Å². The molecule has 5 rings (SSSR count). The maximum absolute atomic E-state index is 12.7. The quantitative estimate of drug-likeness (QED) is 0.246. The molecule has 0 N–H and O–H groups in total. The summed E-state index contributed by atoms with van der Waals surface area (Å²) in [5, 5.41) is 7.36. The lowest BCUT2D eigenvalue weighted by molar-refractivity contribution is 0.0479. The van der Waals surface area contributed by atoms with Crippen LogP contribution in [0, 0.1) is 6.92 Å². The van der Waals surface area contributed by atoms with Crippen LogP contribution in [0.3, 0.4) is 0 Å². The summed E-state index contributed by atoms with van der Waals surface area (Å²) in [6.07, 6.45) is 0. The normalized spacial score (nSPS) is 11.1. The van der Waals surface area contributed by atoms with Gasteiger partial charge in [-0.15, -0.1) is 11.3 Å². The standard InChI is InChI=1S/C26H20N2O4S/c1-16-22-14-24(33-25(22)28(27-16)20-6-4-3-5-7-20)26(30)32-15-23(29)19-9-8-18-13-21(31-2)11-10-17(18)12-19/h3-14H,15H2,1-2H3. The first kappa shape index (κ1) is 20.9. The minimum atomic E-state index is -0.519. The molecule has 0 bridgehead atoms. The molecule has 164 valence electrons. The van der Waals surface area contributed by atoms with E-state index in [0.717, 1.165) is 38.1 Å². The third-order valence-electron chi connectivity index (χ3n) is 5.45. The Hall–Kier alpha value is -3.97. The maximum atomic E-state index is 12.7. The van der Waals surface area contributed by atoms with Crippen molar-refractivity contribution >= 4 is 44.1 Å². The number of methoxy groups -OCH3 is 1. The van der Waals surface area contributed by atoms with E-state index < -0.39 is 5.97 Å². The van der Waals surface area contributed by atoms with E-state index in [2.05, 4.69) is 5.10 Å². The third kappa shape index (κ3) is 3.99. The van der Waals surface area contributed by atoms with Crippen LogP contribution >= 0.6 is 11.3 Å². The minimum Gasteiger partial charge on any atom is -0.497 e. The second-order valence-electron chi connectivity index (χ2n) is 7.59. The summed E-state index contributed by atoms with van der Waals surface area (Å²) < 4.78 is 12.4. The van der Waals surface area contributed by atoms with Crippen LogP contribution in [0.15, 0.2) is 72.8 Å². The number of ketones is 1. The molecule has 0 fully saturated rings. The molecule has 0 aliphatic rings. The smallest absolute Gasteiger partial charge is 0.348 e. The van der Waals surface area contributed by atoms with Gasteiger partial charge in [-0.1, -0.05) is 36.4 Å². The van der Waals surface area contributed by atoms with Gasteiger partial charge in [0, 0.05) is 10.9 Å². The second-order valence-corrected chi connectivity index (χ2v) is 8.62. The summed E-state index contributed by atoms with van der Waals surface area (Å²) in [5.41, 5.74) is 2.24. The summed E-state index contributed by atoms with van der Waals surface area (Å²) in [7, 11) is 1.61. The first-order valence-corrected chi connectivity index (χ1v) is 11.2. The molecule has 0 aliphatic heterocycles. The predicted molar refractivity (Wildman–Crippen MR) is 129 cm³/mol. The Bertz CT molecular complexity index is 1500. The van der Waals surface area contributed by atoms with Gasteiger partial charge in [0.05, 0.1) is 18.5 Å². The number of aromatic nitrogens is 2. The summed E-state index contributed by atoms with van der Waals surface area (Å²) in [6.45, 7) is 1.58. The van der Waals surface area contributed by atoms with Crippen molar-refractivity contribution < 1.29 is 19.1 Å². The number of benzene rings is 3. The fourth-order valence-corrected chi connectivity index (χ4v) is 4.78. The number of para-hydroxylation sites is 1. The fourth-order valence-electron chi connectivity index (χ4n) is 3.70. The van der Waals surface area contributed by atoms with E-state index in [1.54, 1.807) is 25.3 Å². The van der Waals surface area contributed by atoms with Crippen LogP contribution in [0.5, 0.6) is 5.75 Å². The van der Waals surface area contributed by atoms with E-state index in [1.165, 1.54) is 11.3 Å². The summed E-state index contributed by atoms with van der Waals surface area (Å²) in [6, 6.07) is 22.5. The van der Waals surface area contributed by atoms with E-state index in [1.807, 2.05) is 66.2 Å². The van der Waals surface area contributed by atoms with Gasteiger partial charge in [0.15, 0.2) is 12.4 Å². The molecule has 0 atom stereocenters. The van der Waals surface area contributed by atoms with Crippen LogP contribution in [-0.2, 0) is 4.74 Å². The Labute approximate surface area is 194 Å². The van der Waals surface area contributed by atoms with Crippen LogP contribution in [0.4, 0.5) is 0 Å². The molecule has 2 heterocycles. The average molecular weight is 457 g/mol. The summed E-state index contributed by atoms with van der Waals surface area (Å²) >= 11 is 1.30. The molecule has 0 unspecified atom stereocenters. The SMILES string of the molecule is COc1ccc2cc(C(=O)COC(=O)c3cc4c(C)nn(-c5ccccc5)c4s3)ccc2c1.